The Labute approximate surface area is 197 Å². The number of nitrogens with zero attached hydrogens (tertiary/aromatic N) is 4. The molecule has 0 saturated carbocycles. The number of hydrogen-bond acceptors (Lipinski definition) is 6. The van der Waals surface area contributed by atoms with Gasteiger partial charge in [0, 0.05) is 42.5 Å². The van der Waals surface area contributed by atoms with Crippen LogP contribution in [0.15, 0.2) is 71.6 Å². The van der Waals surface area contributed by atoms with Gasteiger partial charge in [-0.15, -0.1) is 11.3 Å². The van der Waals surface area contributed by atoms with E-state index in [-0.39, 0.29) is 0 Å². The standard InChI is InChI=1S/C25H28N4O3S/c1-4-32-20-8-6-19(7-9-20)27-25-29(14-5-13-28-15-12-26-18-28)23(17-33-25)22-11-10-21(30-2)16-24(22)31-3/h6-12,15-18H,4-5,13-14H2,1-3H3. The summed E-state index contributed by atoms with van der Waals surface area (Å²) >= 11 is 1.62. The van der Waals surface area contributed by atoms with Gasteiger partial charge < -0.3 is 23.3 Å². The van der Waals surface area contributed by atoms with Crippen molar-refractivity contribution in [2.45, 2.75) is 26.4 Å². The summed E-state index contributed by atoms with van der Waals surface area (Å²) in [7, 11) is 3.34. The summed E-state index contributed by atoms with van der Waals surface area (Å²) in [4.78, 5) is 10.00. The Morgan fingerprint density at radius 3 is 2.52 bits per heavy atom. The van der Waals surface area contributed by atoms with Gasteiger partial charge in [0.15, 0.2) is 4.80 Å². The molecule has 172 valence electrons. The largest absolute Gasteiger partial charge is 0.497 e. The number of aryl methyl sites for hydroxylation is 1. The van der Waals surface area contributed by atoms with E-state index in [1.807, 2.05) is 61.9 Å². The van der Waals surface area contributed by atoms with Crippen molar-refractivity contribution >= 4 is 17.0 Å². The molecule has 4 aromatic rings. The van der Waals surface area contributed by atoms with Crippen LogP contribution in [0.2, 0.25) is 0 Å². The Kier molecular flexibility index (Phi) is 7.47. The van der Waals surface area contributed by atoms with Crippen molar-refractivity contribution in [2.24, 2.45) is 4.99 Å². The third-order valence-electron chi connectivity index (χ3n) is 5.21. The van der Waals surface area contributed by atoms with E-state index in [2.05, 4.69) is 19.5 Å². The van der Waals surface area contributed by atoms with Crippen LogP contribution in [0, 0.1) is 0 Å². The number of imidazole rings is 1. The molecule has 2 heterocycles. The first kappa shape index (κ1) is 22.7. The number of methoxy groups -OCH3 is 2. The van der Waals surface area contributed by atoms with Crippen molar-refractivity contribution in [1.29, 1.82) is 0 Å². The Morgan fingerprint density at radius 2 is 1.82 bits per heavy atom. The van der Waals surface area contributed by atoms with Crippen LogP contribution in [0.5, 0.6) is 17.2 Å². The zero-order valence-corrected chi connectivity index (χ0v) is 19.9. The second kappa shape index (κ2) is 10.9. The summed E-state index contributed by atoms with van der Waals surface area (Å²) in [5.41, 5.74) is 2.96. The van der Waals surface area contributed by atoms with E-state index in [1.165, 1.54) is 0 Å². The van der Waals surface area contributed by atoms with Gasteiger partial charge in [-0.25, -0.2) is 9.98 Å². The van der Waals surface area contributed by atoms with E-state index in [4.69, 9.17) is 19.2 Å². The maximum atomic E-state index is 5.68. The van der Waals surface area contributed by atoms with Crippen LogP contribution in [0.4, 0.5) is 5.69 Å². The first-order valence-corrected chi connectivity index (χ1v) is 11.7. The summed E-state index contributed by atoms with van der Waals surface area (Å²) in [6.07, 6.45) is 6.57. The highest BCUT2D eigenvalue weighted by atomic mass is 32.1. The third kappa shape index (κ3) is 5.46. The van der Waals surface area contributed by atoms with Gasteiger partial charge >= 0.3 is 0 Å². The van der Waals surface area contributed by atoms with E-state index in [1.54, 1.807) is 31.8 Å². The molecule has 33 heavy (non-hydrogen) atoms. The molecule has 8 heteroatoms. The van der Waals surface area contributed by atoms with Crippen LogP contribution in [0.25, 0.3) is 11.3 Å². The monoisotopic (exact) mass is 464 g/mol. The molecule has 0 unspecified atom stereocenters. The average molecular weight is 465 g/mol. The van der Waals surface area contributed by atoms with E-state index < -0.39 is 0 Å². The Balaban J connectivity index is 1.71. The smallest absolute Gasteiger partial charge is 0.190 e. The molecule has 0 radical (unpaired) electrons. The number of ether oxygens (including phenoxy) is 3. The Bertz CT molecular complexity index is 1230. The highest BCUT2D eigenvalue weighted by molar-refractivity contribution is 7.07. The highest BCUT2D eigenvalue weighted by Gasteiger charge is 2.14. The predicted molar refractivity (Wildman–Crippen MR) is 131 cm³/mol. The van der Waals surface area contributed by atoms with E-state index in [9.17, 15) is 0 Å². The second-order valence-electron chi connectivity index (χ2n) is 7.31. The fourth-order valence-electron chi connectivity index (χ4n) is 3.59. The first-order valence-electron chi connectivity index (χ1n) is 10.9. The molecule has 0 N–H and O–H groups in total. The number of benzene rings is 2. The fraction of sp³-hybridized carbons (Fsp3) is 0.280. The van der Waals surface area contributed by atoms with E-state index in [0.717, 1.165) is 58.5 Å². The number of aromatic nitrogens is 3. The lowest BCUT2D eigenvalue weighted by Crippen LogP contribution is -2.17. The molecule has 0 saturated heterocycles. The molecule has 2 aromatic carbocycles. The molecule has 0 amide bonds. The van der Waals surface area contributed by atoms with Gasteiger partial charge in [0.05, 0.1) is 38.5 Å². The number of hydrogen-bond donors (Lipinski definition) is 0. The summed E-state index contributed by atoms with van der Waals surface area (Å²) in [5, 5.41) is 2.13. The number of rotatable bonds is 10. The molecule has 2 aromatic heterocycles. The molecule has 4 rings (SSSR count). The second-order valence-corrected chi connectivity index (χ2v) is 8.15. The zero-order valence-electron chi connectivity index (χ0n) is 19.1. The minimum absolute atomic E-state index is 0.644. The van der Waals surface area contributed by atoms with Gasteiger partial charge in [-0.1, -0.05) is 0 Å². The minimum Gasteiger partial charge on any atom is -0.497 e. The van der Waals surface area contributed by atoms with Gasteiger partial charge in [0.2, 0.25) is 0 Å². The lowest BCUT2D eigenvalue weighted by molar-refractivity contribution is 0.340. The average Bonchev–Trinajstić information content (AvgIpc) is 3.50. The molecule has 0 aliphatic carbocycles. The van der Waals surface area contributed by atoms with Gasteiger partial charge in [-0.05, 0) is 49.7 Å². The van der Waals surface area contributed by atoms with E-state index in [0.29, 0.717) is 6.61 Å². The molecular formula is C25H28N4O3S. The van der Waals surface area contributed by atoms with Crippen LogP contribution in [0.1, 0.15) is 13.3 Å². The lowest BCUT2D eigenvalue weighted by atomic mass is 10.1. The molecule has 0 aliphatic heterocycles. The summed E-state index contributed by atoms with van der Waals surface area (Å²) < 4.78 is 20.9. The van der Waals surface area contributed by atoms with Crippen molar-refractivity contribution in [3.05, 3.63) is 71.4 Å². The minimum atomic E-state index is 0.644. The SMILES string of the molecule is CCOc1ccc(N=c2scc(-c3ccc(OC)cc3OC)n2CCCn2ccnc2)cc1. The predicted octanol–water partition coefficient (Wildman–Crippen LogP) is 5.15. The van der Waals surface area contributed by atoms with Crippen molar-refractivity contribution in [3.8, 4) is 28.5 Å². The van der Waals surface area contributed by atoms with Crippen LogP contribution in [-0.2, 0) is 13.1 Å². The van der Waals surface area contributed by atoms with E-state index >= 15 is 0 Å². The molecule has 7 nitrogen and oxygen atoms in total. The van der Waals surface area contributed by atoms with Gasteiger partial charge in [-0.3, -0.25) is 0 Å². The summed E-state index contributed by atoms with van der Waals surface area (Å²) in [6.45, 7) is 4.31. The van der Waals surface area contributed by atoms with Crippen molar-refractivity contribution < 1.29 is 14.2 Å². The van der Waals surface area contributed by atoms with Crippen molar-refractivity contribution in [2.75, 3.05) is 20.8 Å². The summed E-state index contributed by atoms with van der Waals surface area (Å²) in [6, 6.07) is 13.8. The highest BCUT2D eigenvalue weighted by Crippen LogP contribution is 2.34. The maximum Gasteiger partial charge on any atom is 0.190 e. The Morgan fingerprint density at radius 1 is 1.00 bits per heavy atom. The summed E-state index contributed by atoms with van der Waals surface area (Å²) in [5.74, 6) is 2.37. The molecule has 0 bridgehead atoms. The maximum absolute atomic E-state index is 5.68. The van der Waals surface area contributed by atoms with Crippen LogP contribution in [0.3, 0.4) is 0 Å². The van der Waals surface area contributed by atoms with Crippen molar-refractivity contribution in [3.63, 3.8) is 0 Å². The fourth-order valence-corrected chi connectivity index (χ4v) is 4.53. The zero-order chi connectivity index (χ0) is 23.0. The quantitative estimate of drug-likeness (QED) is 0.326. The van der Waals surface area contributed by atoms with Gasteiger partial charge in [0.25, 0.3) is 0 Å². The third-order valence-corrected chi connectivity index (χ3v) is 6.08. The molecule has 0 spiro atoms. The number of thiazole rings is 1. The lowest BCUT2D eigenvalue weighted by Gasteiger charge is -2.13. The van der Waals surface area contributed by atoms with Gasteiger partial charge in [-0.2, -0.15) is 0 Å². The van der Waals surface area contributed by atoms with Crippen molar-refractivity contribution in [1.82, 2.24) is 14.1 Å². The topological polar surface area (TPSA) is 62.8 Å². The molecule has 0 aliphatic rings. The van der Waals surface area contributed by atoms with Crippen LogP contribution in [-0.4, -0.2) is 34.9 Å². The normalized spacial score (nSPS) is 11.5. The molecule has 0 fully saturated rings. The van der Waals surface area contributed by atoms with Crippen LogP contribution >= 0.6 is 11.3 Å². The van der Waals surface area contributed by atoms with Gasteiger partial charge in [0.1, 0.15) is 17.2 Å². The Hall–Kier alpha value is -3.52. The molecule has 0 atom stereocenters. The van der Waals surface area contributed by atoms with Crippen LogP contribution < -0.4 is 19.0 Å². The molecular weight excluding hydrogens is 436 g/mol. The first-order chi connectivity index (χ1) is 16.2.